The highest BCUT2D eigenvalue weighted by Gasteiger charge is 2.10. The van der Waals surface area contributed by atoms with Crippen molar-refractivity contribution in [2.75, 3.05) is 12.4 Å². The van der Waals surface area contributed by atoms with Crippen molar-refractivity contribution in [2.45, 2.75) is 4.90 Å². The number of anilines is 1. The summed E-state index contributed by atoms with van der Waals surface area (Å²) in [5, 5.41) is 3.26. The van der Waals surface area contributed by atoms with E-state index in [1.165, 1.54) is 11.3 Å². The predicted octanol–water partition coefficient (Wildman–Crippen LogP) is 4.53. The van der Waals surface area contributed by atoms with Crippen molar-refractivity contribution in [2.24, 2.45) is 0 Å². The molecular weight excluding hydrogens is 323 g/mol. The first-order chi connectivity index (χ1) is 10.7. The van der Waals surface area contributed by atoms with E-state index in [1.54, 1.807) is 31.4 Å². The fourth-order valence-electron chi connectivity index (χ4n) is 1.91. The zero-order chi connectivity index (χ0) is 15.5. The van der Waals surface area contributed by atoms with Gasteiger partial charge in [0, 0.05) is 10.5 Å². The number of nitrogens with zero attached hydrogens (tertiary/aromatic N) is 1. The van der Waals surface area contributed by atoms with Gasteiger partial charge in [-0.1, -0.05) is 11.3 Å². The highest BCUT2D eigenvalue weighted by molar-refractivity contribution is 7.94. The number of benzene rings is 2. The third kappa shape index (κ3) is 3.05. The van der Waals surface area contributed by atoms with Crippen LogP contribution in [0, 0.1) is 0 Å². The number of halogens is 1. The average Bonchev–Trinajstić information content (AvgIpc) is 2.95. The maximum absolute atomic E-state index is 12.4. The number of thiazole rings is 1. The van der Waals surface area contributed by atoms with Crippen LogP contribution in [0.3, 0.4) is 0 Å². The quantitative estimate of drug-likeness (QED) is 0.761. The Morgan fingerprint density at radius 1 is 1.27 bits per heavy atom. The molecule has 0 aliphatic carbocycles. The lowest BCUT2D eigenvalue weighted by Crippen LogP contribution is -2.11. The van der Waals surface area contributed by atoms with E-state index >= 15 is 0 Å². The molecule has 0 radical (unpaired) electrons. The van der Waals surface area contributed by atoms with E-state index in [4.69, 9.17) is 4.74 Å². The maximum Gasteiger partial charge on any atom is 0.257 e. The van der Waals surface area contributed by atoms with Crippen LogP contribution in [0.5, 0.6) is 5.75 Å². The number of rotatable bonds is 4. The molecule has 2 aromatic carbocycles. The summed E-state index contributed by atoms with van der Waals surface area (Å²) in [6.45, 7) is 0. The normalized spacial score (nSPS) is 10.6. The van der Waals surface area contributed by atoms with Gasteiger partial charge in [-0.05, 0) is 42.5 Å². The molecule has 4 nitrogen and oxygen atoms in total. The van der Waals surface area contributed by atoms with Gasteiger partial charge >= 0.3 is 0 Å². The Kier molecular flexibility index (Phi) is 4.26. The zero-order valence-electron chi connectivity index (χ0n) is 11.5. The molecule has 0 spiro atoms. The molecule has 1 aromatic heterocycles. The Hall–Kier alpha value is -2.12. The number of nitrogens with one attached hydrogen (secondary N) is 1. The first kappa shape index (κ1) is 14.8. The van der Waals surface area contributed by atoms with Crippen LogP contribution >= 0.6 is 23.5 Å². The summed E-state index contributed by atoms with van der Waals surface area (Å²) in [5.74, 6) is 0.467. The van der Waals surface area contributed by atoms with Gasteiger partial charge in [0.2, 0.25) is 0 Å². The number of fused-ring (bicyclic) bond motifs is 1. The summed E-state index contributed by atoms with van der Waals surface area (Å²) in [5.41, 5.74) is 1.25. The van der Waals surface area contributed by atoms with Gasteiger partial charge in [0.25, 0.3) is 5.91 Å². The third-order valence-corrected chi connectivity index (χ3v) is 4.41. The van der Waals surface area contributed by atoms with Gasteiger partial charge in [-0.3, -0.25) is 10.1 Å². The SMILES string of the molecule is COc1ccc2nc(NC(=O)c3ccc(SF)cc3)sc2c1. The Morgan fingerprint density at radius 3 is 2.73 bits per heavy atom. The van der Waals surface area contributed by atoms with E-state index in [2.05, 4.69) is 10.3 Å². The van der Waals surface area contributed by atoms with E-state index < -0.39 is 0 Å². The van der Waals surface area contributed by atoms with Gasteiger partial charge in [-0.2, -0.15) is 3.89 Å². The molecule has 0 saturated carbocycles. The monoisotopic (exact) mass is 334 g/mol. The first-order valence-electron chi connectivity index (χ1n) is 6.34. The molecule has 0 aliphatic heterocycles. The van der Waals surface area contributed by atoms with Crippen molar-refractivity contribution < 1.29 is 13.4 Å². The van der Waals surface area contributed by atoms with Gasteiger partial charge in [0.15, 0.2) is 5.13 Å². The van der Waals surface area contributed by atoms with Crippen molar-refractivity contribution >= 4 is 44.7 Å². The number of hydrogen-bond acceptors (Lipinski definition) is 5. The molecule has 0 fully saturated rings. The van der Waals surface area contributed by atoms with Crippen LogP contribution in [-0.4, -0.2) is 18.0 Å². The van der Waals surface area contributed by atoms with Crippen LogP contribution in [0.15, 0.2) is 47.4 Å². The molecule has 1 heterocycles. The van der Waals surface area contributed by atoms with E-state index in [-0.39, 0.29) is 18.1 Å². The fraction of sp³-hybridized carbons (Fsp3) is 0.0667. The maximum atomic E-state index is 12.4. The summed E-state index contributed by atoms with van der Waals surface area (Å²) in [6.07, 6.45) is 0. The van der Waals surface area contributed by atoms with Crippen molar-refractivity contribution in [1.29, 1.82) is 0 Å². The highest BCUT2D eigenvalue weighted by atomic mass is 32.2. The number of carbonyl (C=O) groups is 1. The second-order valence-electron chi connectivity index (χ2n) is 4.41. The summed E-state index contributed by atoms with van der Waals surface area (Å²) >= 11 is 1.52. The van der Waals surface area contributed by atoms with Crippen LogP contribution in [0.4, 0.5) is 9.02 Å². The summed E-state index contributed by atoms with van der Waals surface area (Å²) in [6, 6.07) is 11.8. The van der Waals surface area contributed by atoms with Crippen LogP contribution in [0.2, 0.25) is 0 Å². The first-order valence-corrected chi connectivity index (χ1v) is 7.87. The minimum absolute atomic E-state index is 0.146. The van der Waals surface area contributed by atoms with Gasteiger partial charge in [-0.25, -0.2) is 4.98 Å². The van der Waals surface area contributed by atoms with Crippen LogP contribution in [0.1, 0.15) is 10.4 Å². The Morgan fingerprint density at radius 2 is 2.05 bits per heavy atom. The summed E-state index contributed by atoms with van der Waals surface area (Å²) in [4.78, 5) is 17.0. The molecule has 0 atom stereocenters. The lowest BCUT2D eigenvalue weighted by atomic mass is 10.2. The molecule has 1 amide bonds. The summed E-state index contributed by atoms with van der Waals surface area (Å²) < 4.78 is 18.5. The molecule has 7 heteroatoms. The average molecular weight is 334 g/mol. The zero-order valence-corrected chi connectivity index (χ0v) is 13.1. The smallest absolute Gasteiger partial charge is 0.257 e. The van der Waals surface area contributed by atoms with Crippen LogP contribution in [0.25, 0.3) is 10.2 Å². The van der Waals surface area contributed by atoms with Crippen molar-refractivity contribution in [3.8, 4) is 5.75 Å². The van der Waals surface area contributed by atoms with Gasteiger partial charge in [0.05, 0.1) is 29.5 Å². The Balaban J connectivity index is 1.80. The van der Waals surface area contributed by atoms with E-state index in [0.717, 1.165) is 16.0 Å². The molecule has 0 bridgehead atoms. The molecule has 0 aliphatic rings. The Bertz CT molecular complexity index is 818. The lowest BCUT2D eigenvalue weighted by molar-refractivity contribution is 0.102. The number of carbonyl (C=O) groups excluding carboxylic acids is 1. The molecule has 0 unspecified atom stereocenters. The molecule has 3 aromatic rings. The highest BCUT2D eigenvalue weighted by Crippen LogP contribution is 2.29. The second kappa shape index (κ2) is 6.33. The number of ether oxygens (including phenoxy) is 1. The van der Waals surface area contributed by atoms with Gasteiger partial charge in [-0.15, -0.1) is 0 Å². The molecule has 112 valence electrons. The minimum Gasteiger partial charge on any atom is -0.497 e. The van der Waals surface area contributed by atoms with Crippen molar-refractivity contribution in [3.05, 3.63) is 48.0 Å². The standard InChI is InChI=1S/C15H11FN2O2S2/c1-20-10-4-7-12-13(8-10)21-15(17-12)18-14(19)9-2-5-11(22-16)6-3-9/h2-8H,1H3,(H,17,18,19). The van der Waals surface area contributed by atoms with Crippen molar-refractivity contribution in [1.82, 2.24) is 4.98 Å². The van der Waals surface area contributed by atoms with Crippen molar-refractivity contribution in [3.63, 3.8) is 0 Å². The largest absolute Gasteiger partial charge is 0.497 e. The van der Waals surface area contributed by atoms with E-state index in [1.807, 2.05) is 18.2 Å². The molecule has 0 saturated heterocycles. The second-order valence-corrected chi connectivity index (χ2v) is 6.06. The predicted molar refractivity (Wildman–Crippen MR) is 87.5 cm³/mol. The molecule has 22 heavy (non-hydrogen) atoms. The number of hydrogen-bond donors (Lipinski definition) is 1. The Labute approximate surface area is 134 Å². The number of aromatic nitrogens is 1. The lowest BCUT2D eigenvalue weighted by Gasteiger charge is -2.01. The van der Waals surface area contributed by atoms with Crippen LogP contribution in [-0.2, 0) is 0 Å². The molecule has 3 rings (SSSR count). The van der Waals surface area contributed by atoms with E-state index in [9.17, 15) is 8.68 Å². The molecular formula is C15H11FN2O2S2. The van der Waals surface area contributed by atoms with E-state index in [0.29, 0.717) is 15.6 Å². The minimum atomic E-state index is -0.276. The third-order valence-electron chi connectivity index (χ3n) is 3.02. The number of methoxy groups -OCH3 is 1. The molecule has 1 N–H and O–H groups in total. The topological polar surface area (TPSA) is 51.2 Å². The van der Waals surface area contributed by atoms with Gasteiger partial charge < -0.3 is 4.74 Å². The van der Waals surface area contributed by atoms with Crippen LogP contribution < -0.4 is 10.1 Å². The number of amides is 1. The summed E-state index contributed by atoms with van der Waals surface area (Å²) in [7, 11) is 1.60. The fourth-order valence-corrected chi connectivity index (χ4v) is 3.04. The van der Waals surface area contributed by atoms with Gasteiger partial charge in [0.1, 0.15) is 5.75 Å².